The molecule has 0 saturated carbocycles. The van der Waals surface area contributed by atoms with Crippen LogP contribution in [0.3, 0.4) is 0 Å². The molecule has 3 nitrogen and oxygen atoms in total. The lowest BCUT2D eigenvalue weighted by atomic mass is 10.2. The summed E-state index contributed by atoms with van der Waals surface area (Å²) in [6.07, 6.45) is 3.09. The van der Waals surface area contributed by atoms with E-state index in [1.54, 1.807) is 18.3 Å². The van der Waals surface area contributed by atoms with Gasteiger partial charge in [0, 0.05) is 14.2 Å². The molecular formula is C12H7BrClIN2O. The number of hydrogen-bond acceptors (Lipinski definition) is 2. The number of aromatic nitrogens is 1. The van der Waals surface area contributed by atoms with Gasteiger partial charge in [-0.2, -0.15) is 0 Å². The smallest absolute Gasteiger partial charge is 0.256 e. The molecule has 6 heteroatoms. The van der Waals surface area contributed by atoms with Crippen LogP contribution in [-0.4, -0.2) is 10.9 Å². The Morgan fingerprint density at radius 3 is 2.89 bits per heavy atom. The second-order valence-electron chi connectivity index (χ2n) is 3.43. The molecule has 0 atom stereocenters. The third kappa shape index (κ3) is 3.21. The first kappa shape index (κ1) is 13.8. The largest absolute Gasteiger partial charge is 0.319 e. The van der Waals surface area contributed by atoms with Crippen LogP contribution >= 0.6 is 50.1 Å². The van der Waals surface area contributed by atoms with Crippen molar-refractivity contribution in [2.75, 3.05) is 5.32 Å². The van der Waals surface area contributed by atoms with Crippen LogP contribution in [0.15, 0.2) is 41.1 Å². The molecule has 0 unspecified atom stereocenters. The van der Waals surface area contributed by atoms with Gasteiger partial charge in [-0.1, -0.05) is 27.5 Å². The van der Waals surface area contributed by atoms with E-state index in [-0.39, 0.29) is 5.91 Å². The Bertz CT molecular complexity index is 606. The summed E-state index contributed by atoms with van der Waals surface area (Å²) < 4.78 is 1.72. The molecule has 0 saturated heterocycles. The topological polar surface area (TPSA) is 42.0 Å². The highest BCUT2D eigenvalue weighted by Crippen LogP contribution is 2.23. The molecule has 0 fully saturated rings. The van der Waals surface area contributed by atoms with Crippen LogP contribution in [0.4, 0.5) is 5.69 Å². The molecule has 0 aliphatic rings. The average Bonchev–Trinajstić information content (AvgIpc) is 2.35. The van der Waals surface area contributed by atoms with Crippen LogP contribution in [0.1, 0.15) is 10.4 Å². The third-order valence-electron chi connectivity index (χ3n) is 2.19. The number of benzene rings is 1. The first-order chi connectivity index (χ1) is 8.58. The molecule has 0 spiro atoms. The van der Waals surface area contributed by atoms with Crippen LogP contribution < -0.4 is 5.32 Å². The van der Waals surface area contributed by atoms with Gasteiger partial charge in [-0.05, 0) is 46.9 Å². The van der Waals surface area contributed by atoms with E-state index in [1.165, 1.54) is 6.20 Å². The van der Waals surface area contributed by atoms with Crippen LogP contribution in [-0.2, 0) is 0 Å². The lowest BCUT2D eigenvalue weighted by Crippen LogP contribution is -2.13. The third-order valence-corrected chi connectivity index (χ3v) is 3.95. The molecule has 18 heavy (non-hydrogen) atoms. The fourth-order valence-corrected chi connectivity index (χ4v) is 2.42. The monoisotopic (exact) mass is 436 g/mol. The second kappa shape index (κ2) is 5.99. The van der Waals surface area contributed by atoms with Gasteiger partial charge in [-0.15, -0.1) is 0 Å². The van der Waals surface area contributed by atoms with E-state index >= 15 is 0 Å². The van der Waals surface area contributed by atoms with E-state index in [4.69, 9.17) is 11.6 Å². The minimum Gasteiger partial charge on any atom is -0.319 e. The maximum Gasteiger partial charge on any atom is 0.256 e. The van der Waals surface area contributed by atoms with Crippen molar-refractivity contribution < 1.29 is 4.79 Å². The summed E-state index contributed by atoms with van der Waals surface area (Å²) in [7, 11) is 0. The normalized spacial score (nSPS) is 10.2. The summed E-state index contributed by atoms with van der Waals surface area (Å²) in [5, 5.41) is 3.20. The predicted molar refractivity (Wildman–Crippen MR) is 84.1 cm³/mol. The van der Waals surface area contributed by atoms with Gasteiger partial charge in [-0.3, -0.25) is 9.78 Å². The molecule has 0 aliphatic carbocycles. The van der Waals surface area contributed by atoms with Gasteiger partial charge in [0.25, 0.3) is 5.91 Å². The van der Waals surface area contributed by atoms with E-state index < -0.39 is 0 Å². The van der Waals surface area contributed by atoms with Gasteiger partial charge in [0.05, 0.1) is 22.5 Å². The first-order valence-corrected chi connectivity index (χ1v) is 7.19. The summed E-state index contributed by atoms with van der Waals surface area (Å²) in [4.78, 5) is 16.0. The Hall–Kier alpha value is -0.660. The Morgan fingerprint density at radius 1 is 1.39 bits per heavy atom. The highest BCUT2D eigenvalue weighted by Gasteiger charge is 2.12. The van der Waals surface area contributed by atoms with Crippen molar-refractivity contribution in [3.8, 4) is 0 Å². The Morgan fingerprint density at radius 2 is 2.17 bits per heavy atom. The average molecular weight is 437 g/mol. The zero-order valence-electron chi connectivity index (χ0n) is 8.95. The number of carbonyl (C=O) groups is 1. The SMILES string of the molecule is O=C(Nc1cnccc1Cl)c1cc(Br)ccc1I. The second-order valence-corrected chi connectivity index (χ2v) is 5.92. The molecular weight excluding hydrogens is 430 g/mol. The molecule has 1 N–H and O–H groups in total. The molecule has 2 rings (SSSR count). The number of nitrogens with one attached hydrogen (secondary N) is 1. The molecule has 1 heterocycles. The van der Waals surface area contributed by atoms with E-state index in [9.17, 15) is 4.79 Å². The number of nitrogens with zero attached hydrogens (tertiary/aromatic N) is 1. The molecule has 0 aliphatic heterocycles. The highest BCUT2D eigenvalue weighted by atomic mass is 127. The van der Waals surface area contributed by atoms with Gasteiger partial charge in [-0.25, -0.2) is 0 Å². The summed E-state index contributed by atoms with van der Waals surface area (Å²) >= 11 is 11.4. The van der Waals surface area contributed by atoms with E-state index in [2.05, 4.69) is 48.8 Å². The summed E-state index contributed by atoms with van der Waals surface area (Å²) in [5.74, 6) is -0.212. The van der Waals surface area contributed by atoms with E-state index in [0.717, 1.165) is 8.04 Å². The van der Waals surface area contributed by atoms with Crippen molar-refractivity contribution in [2.45, 2.75) is 0 Å². The van der Waals surface area contributed by atoms with Gasteiger partial charge in [0.1, 0.15) is 0 Å². The van der Waals surface area contributed by atoms with Crippen molar-refractivity contribution in [3.05, 3.63) is 55.3 Å². The summed E-state index contributed by atoms with van der Waals surface area (Å²) in [6, 6.07) is 7.14. The minimum atomic E-state index is -0.212. The Labute approximate surface area is 131 Å². The van der Waals surface area contributed by atoms with Gasteiger partial charge >= 0.3 is 0 Å². The quantitative estimate of drug-likeness (QED) is 0.710. The molecule has 0 bridgehead atoms. The molecule has 92 valence electrons. The lowest BCUT2D eigenvalue weighted by molar-refractivity contribution is 0.102. The highest BCUT2D eigenvalue weighted by molar-refractivity contribution is 14.1. The first-order valence-electron chi connectivity index (χ1n) is 4.94. The van der Waals surface area contributed by atoms with Crippen LogP contribution in [0.2, 0.25) is 5.02 Å². The van der Waals surface area contributed by atoms with E-state index in [0.29, 0.717) is 16.3 Å². The van der Waals surface area contributed by atoms with Crippen LogP contribution in [0.25, 0.3) is 0 Å². The van der Waals surface area contributed by atoms with Gasteiger partial charge in [0.2, 0.25) is 0 Å². The van der Waals surface area contributed by atoms with Crippen molar-refractivity contribution in [1.82, 2.24) is 4.98 Å². The summed E-state index contributed by atoms with van der Waals surface area (Å²) in [5.41, 5.74) is 1.09. The molecule has 2 aromatic rings. The van der Waals surface area contributed by atoms with E-state index in [1.807, 2.05) is 12.1 Å². The number of rotatable bonds is 2. The predicted octanol–water partition coefficient (Wildman–Crippen LogP) is 4.35. The molecule has 1 aromatic carbocycles. The number of pyridine rings is 1. The van der Waals surface area contributed by atoms with Crippen LogP contribution in [0.5, 0.6) is 0 Å². The number of anilines is 1. The molecule has 1 aromatic heterocycles. The zero-order valence-corrected chi connectivity index (χ0v) is 13.5. The number of hydrogen-bond donors (Lipinski definition) is 1. The van der Waals surface area contributed by atoms with Gasteiger partial charge in [0.15, 0.2) is 0 Å². The number of halogens is 3. The summed E-state index contributed by atoms with van der Waals surface area (Å²) in [6.45, 7) is 0. The van der Waals surface area contributed by atoms with Crippen LogP contribution in [0, 0.1) is 3.57 Å². The lowest BCUT2D eigenvalue weighted by Gasteiger charge is -2.08. The minimum absolute atomic E-state index is 0.212. The Balaban J connectivity index is 2.28. The van der Waals surface area contributed by atoms with Crippen molar-refractivity contribution in [2.24, 2.45) is 0 Å². The molecule has 0 radical (unpaired) electrons. The Kier molecular flexibility index (Phi) is 4.58. The maximum absolute atomic E-state index is 12.1. The number of amides is 1. The maximum atomic E-state index is 12.1. The van der Waals surface area contributed by atoms with Crippen molar-refractivity contribution in [1.29, 1.82) is 0 Å². The molecule has 1 amide bonds. The fraction of sp³-hybridized carbons (Fsp3) is 0. The standard InChI is InChI=1S/C12H7BrClIN2O/c13-7-1-2-10(15)8(5-7)12(18)17-11-6-16-4-3-9(11)14/h1-6H,(H,17,18). The van der Waals surface area contributed by atoms with Crippen molar-refractivity contribution in [3.63, 3.8) is 0 Å². The van der Waals surface area contributed by atoms with Gasteiger partial charge < -0.3 is 5.32 Å². The zero-order chi connectivity index (χ0) is 13.1. The van der Waals surface area contributed by atoms with Crippen molar-refractivity contribution >= 4 is 61.7 Å². The number of carbonyl (C=O) groups excluding carboxylic acids is 1. The fourth-order valence-electron chi connectivity index (χ4n) is 1.33.